The van der Waals surface area contributed by atoms with Gasteiger partial charge >= 0.3 is 0 Å². The van der Waals surface area contributed by atoms with Gasteiger partial charge in [0.1, 0.15) is 5.75 Å². The van der Waals surface area contributed by atoms with Gasteiger partial charge in [-0.25, -0.2) is 8.42 Å². The molecule has 0 spiro atoms. The van der Waals surface area contributed by atoms with E-state index in [2.05, 4.69) is 5.32 Å². The number of hydrogen-bond donors (Lipinski definition) is 1. The second kappa shape index (κ2) is 10.4. The van der Waals surface area contributed by atoms with Gasteiger partial charge in [0.25, 0.3) is 0 Å². The van der Waals surface area contributed by atoms with Gasteiger partial charge in [-0.15, -0.1) is 0 Å². The van der Waals surface area contributed by atoms with E-state index >= 15 is 0 Å². The maximum Gasteiger partial charge on any atom is 0.243 e. The molecule has 1 N–H and O–H groups in total. The van der Waals surface area contributed by atoms with Gasteiger partial charge in [-0.3, -0.25) is 4.79 Å². The Morgan fingerprint density at radius 3 is 2.44 bits per heavy atom. The number of carbonyl (C=O) groups is 1. The topological polar surface area (TPSA) is 75.7 Å². The van der Waals surface area contributed by atoms with Crippen LogP contribution >= 0.6 is 0 Å². The number of sulfonamides is 1. The monoisotopic (exact) mass is 478 g/mol. The summed E-state index contributed by atoms with van der Waals surface area (Å²) in [6, 6.07) is 21.7. The molecule has 1 aliphatic rings. The van der Waals surface area contributed by atoms with Crippen LogP contribution in [0.25, 0.3) is 0 Å². The summed E-state index contributed by atoms with van der Waals surface area (Å²) in [5.74, 6) is 0.591. The summed E-state index contributed by atoms with van der Waals surface area (Å²) in [5.41, 5.74) is 3.92. The van der Waals surface area contributed by atoms with Crippen LogP contribution in [-0.2, 0) is 27.8 Å². The van der Waals surface area contributed by atoms with Crippen molar-refractivity contribution in [3.05, 3.63) is 95.1 Å². The van der Waals surface area contributed by atoms with Crippen molar-refractivity contribution in [3.8, 4) is 5.75 Å². The van der Waals surface area contributed by atoms with Crippen LogP contribution < -0.4 is 10.1 Å². The minimum Gasteiger partial charge on any atom is -0.494 e. The van der Waals surface area contributed by atoms with Crippen LogP contribution in [-0.4, -0.2) is 31.8 Å². The first-order chi connectivity index (χ1) is 16.4. The lowest BCUT2D eigenvalue weighted by atomic mass is 9.92. The molecular weight excluding hydrogens is 448 g/mol. The maximum absolute atomic E-state index is 13.5. The van der Waals surface area contributed by atoms with Crippen molar-refractivity contribution in [1.29, 1.82) is 0 Å². The van der Waals surface area contributed by atoms with E-state index in [1.165, 1.54) is 4.31 Å². The molecule has 34 heavy (non-hydrogen) atoms. The highest BCUT2D eigenvalue weighted by molar-refractivity contribution is 7.89. The average molecular weight is 479 g/mol. The van der Waals surface area contributed by atoms with E-state index in [9.17, 15) is 13.2 Å². The molecule has 1 atom stereocenters. The molecule has 0 bridgehead atoms. The van der Waals surface area contributed by atoms with E-state index in [0.717, 1.165) is 28.0 Å². The van der Waals surface area contributed by atoms with E-state index in [1.807, 2.05) is 62.4 Å². The van der Waals surface area contributed by atoms with E-state index in [4.69, 9.17) is 4.74 Å². The quantitative estimate of drug-likeness (QED) is 0.521. The summed E-state index contributed by atoms with van der Waals surface area (Å²) in [5, 5.41) is 2.95. The number of amides is 1. The number of rotatable bonds is 8. The minimum atomic E-state index is -3.75. The Balaban J connectivity index is 1.53. The van der Waals surface area contributed by atoms with E-state index in [1.54, 1.807) is 24.3 Å². The molecule has 1 amide bonds. The Morgan fingerprint density at radius 1 is 1.03 bits per heavy atom. The third-order valence-corrected chi connectivity index (χ3v) is 8.02. The first-order valence-corrected chi connectivity index (χ1v) is 13.0. The normalized spacial score (nSPS) is 16.0. The molecule has 0 saturated carbocycles. The Labute approximate surface area is 201 Å². The Hall–Kier alpha value is -3.16. The summed E-state index contributed by atoms with van der Waals surface area (Å²) in [6.07, 6.45) is 0.671. The number of nitrogens with one attached hydrogen (secondary N) is 1. The Kier molecular flexibility index (Phi) is 7.34. The second-order valence-corrected chi connectivity index (χ2v) is 10.3. The van der Waals surface area contributed by atoms with Crippen LogP contribution in [0.5, 0.6) is 5.75 Å². The number of ether oxygens (including phenoxy) is 1. The van der Waals surface area contributed by atoms with Crippen molar-refractivity contribution in [2.45, 2.75) is 44.2 Å². The lowest BCUT2D eigenvalue weighted by molar-refractivity contribution is -0.122. The first kappa shape index (κ1) is 24.0. The molecule has 0 radical (unpaired) electrons. The number of nitrogens with zero attached hydrogens (tertiary/aromatic N) is 1. The average Bonchev–Trinajstić information content (AvgIpc) is 2.84. The second-order valence-electron chi connectivity index (χ2n) is 8.45. The standard InChI is InChI=1S/C27H30N2O4S/c1-3-33-23-12-10-21(11-13-23)19-28-27(30)18-26-25-7-5-4-6-22(25)16-17-29(26)34(31,32)24-14-8-20(2)9-15-24/h4-15,26H,3,16-19H2,1-2H3,(H,28,30)/t26-/m1/s1. The number of hydrogen-bond acceptors (Lipinski definition) is 4. The highest BCUT2D eigenvalue weighted by atomic mass is 32.2. The van der Waals surface area contributed by atoms with Crippen molar-refractivity contribution >= 4 is 15.9 Å². The van der Waals surface area contributed by atoms with Gasteiger partial charge in [0.05, 0.1) is 17.5 Å². The molecule has 0 aliphatic carbocycles. The van der Waals surface area contributed by atoms with Gasteiger partial charge in [0.2, 0.25) is 15.9 Å². The van der Waals surface area contributed by atoms with E-state index < -0.39 is 16.1 Å². The van der Waals surface area contributed by atoms with Crippen LogP contribution in [0.1, 0.15) is 41.6 Å². The molecule has 178 valence electrons. The molecule has 3 aromatic carbocycles. The zero-order valence-corrected chi connectivity index (χ0v) is 20.3. The molecule has 4 rings (SSSR count). The number of fused-ring (bicyclic) bond motifs is 1. The van der Waals surface area contributed by atoms with Crippen LogP contribution in [0, 0.1) is 6.92 Å². The van der Waals surface area contributed by atoms with Gasteiger partial charge < -0.3 is 10.1 Å². The molecule has 1 aliphatic heterocycles. The maximum atomic E-state index is 13.5. The predicted octanol–water partition coefficient (Wildman–Crippen LogP) is 4.39. The number of aryl methyl sites for hydroxylation is 1. The molecule has 0 unspecified atom stereocenters. The fourth-order valence-electron chi connectivity index (χ4n) is 4.29. The van der Waals surface area contributed by atoms with Crippen molar-refractivity contribution in [2.24, 2.45) is 0 Å². The van der Waals surface area contributed by atoms with Gasteiger partial charge in [-0.2, -0.15) is 4.31 Å². The predicted molar refractivity (Wildman–Crippen MR) is 132 cm³/mol. The van der Waals surface area contributed by atoms with Crippen molar-refractivity contribution in [3.63, 3.8) is 0 Å². The van der Waals surface area contributed by atoms with Crippen molar-refractivity contribution < 1.29 is 17.9 Å². The molecular formula is C27H30N2O4S. The summed E-state index contributed by atoms with van der Waals surface area (Å²) >= 11 is 0. The lowest BCUT2D eigenvalue weighted by Crippen LogP contribution is -2.42. The van der Waals surface area contributed by atoms with Crippen molar-refractivity contribution in [2.75, 3.05) is 13.2 Å². The summed E-state index contributed by atoms with van der Waals surface area (Å²) in [4.78, 5) is 13.2. The van der Waals surface area contributed by atoms with E-state index in [0.29, 0.717) is 26.1 Å². The molecule has 6 nitrogen and oxygen atoms in total. The van der Waals surface area contributed by atoms with Crippen LogP contribution in [0.15, 0.2) is 77.7 Å². The smallest absolute Gasteiger partial charge is 0.243 e. The Bertz CT molecular complexity index is 1240. The van der Waals surface area contributed by atoms with Gasteiger partial charge in [-0.1, -0.05) is 54.1 Å². The largest absolute Gasteiger partial charge is 0.494 e. The fourth-order valence-corrected chi connectivity index (χ4v) is 5.90. The highest BCUT2D eigenvalue weighted by Gasteiger charge is 2.37. The third-order valence-electron chi connectivity index (χ3n) is 6.09. The SMILES string of the molecule is CCOc1ccc(CNC(=O)C[C@@H]2c3ccccc3CCN2S(=O)(=O)c2ccc(C)cc2)cc1. The van der Waals surface area contributed by atoms with Crippen LogP contribution in [0.2, 0.25) is 0 Å². The van der Waals surface area contributed by atoms with Gasteiger partial charge in [-0.05, 0) is 61.2 Å². The minimum absolute atomic E-state index is 0.0547. The molecule has 7 heteroatoms. The first-order valence-electron chi connectivity index (χ1n) is 11.5. The molecule has 1 heterocycles. The summed E-state index contributed by atoms with van der Waals surface area (Å²) < 4.78 is 34.0. The summed E-state index contributed by atoms with van der Waals surface area (Å²) in [7, 11) is -3.75. The molecule has 0 aromatic heterocycles. The van der Waals surface area contributed by atoms with Gasteiger partial charge in [0.15, 0.2) is 0 Å². The van der Waals surface area contributed by atoms with Crippen LogP contribution in [0.4, 0.5) is 0 Å². The van der Waals surface area contributed by atoms with E-state index in [-0.39, 0.29) is 17.2 Å². The summed E-state index contributed by atoms with van der Waals surface area (Å²) in [6.45, 7) is 5.15. The van der Waals surface area contributed by atoms with Crippen molar-refractivity contribution in [1.82, 2.24) is 9.62 Å². The van der Waals surface area contributed by atoms with Gasteiger partial charge in [0, 0.05) is 19.5 Å². The number of carbonyl (C=O) groups excluding carboxylic acids is 1. The molecule has 0 saturated heterocycles. The lowest BCUT2D eigenvalue weighted by Gasteiger charge is -2.36. The van der Waals surface area contributed by atoms with Crippen LogP contribution in [0.3, 0.4) is 0 Å². The molecule has 0 fully saturated rings. The zero-order chi connectivity index (χ0) is 24.1. The highest BCUT2D eigenvalue weighted by Crippen LogP contribution is 2.36. The Morgan fingerprint density at radius 2 is 1.74 bits per heavy atom. The fraction of sp³-hybridized carbons (Fsp3) is 0.296. The third kappa shape index (κ3) is 5.32. The molecule has 3 aromatic rings. The zero-order valence-electron chi connectivity index (χ0n) is 19.5. The number of benzene rings is 3.